The van der Waals surface area contributed by atoms with E-state index in [9.17, 15) is 10.2 Å². The summed E-state index contributed by atoms with van der Waals surface area (Å²) in [6, 6.07) is 7.61. The Morgan fingerprint density at radius 2 is 2.16 bits per heavy atom. The van der Waals surface area contributed by atoms with Crippen LogP contribution in [0.25, 0.3) is 11.2 Å². The summed E-state index contributed by atoms with van der Waals surface area (Å²) >= 11 is 6.10. The Morgan fingerprint density at radius 3 is 2.92 bits per heavy atom. The van der Waals surface area contributed by atoms with Gasteiger partial charge in [0.1, 0.15) is 0 Å². The van der Waals surface area contributed by atoms with Crippen LogP contribution in [0.5, 0.6) is 0 Å². The number of aromatic nitrogens is 4. The van der Waals surface area contributed by atoms with Gasteiger partial charge >= 0.3 is 155 Å². The van der Waals surface area contributed by atoms with Crippen LogP contribution in [0.1, 0.15) is 10.5 Å². The van der Waals surface area contributed by atoms with Gasteiger partial charge in [-0.25, -0.2) is 0 Å². The first-order valence-corrected chi connectivity index (χ1v) is 10.3. The summed E-state index contributed by atoms with van der Waals surface area (Å²) in [5.41, 5.74) is 2.34. The number of hydrogen-bond donors (Lipinski definition) is 3. The van der Waals surface area contributed by atoms with Gasteiger partial charge in [0.15, 0.2) is 0 Å². The zero-order chi connectivity index (χ0) is 17.4. The maximum absolute atomic E-state index is 10.2. The van der Waals surface area contributed by atoms with E-state index in [2.05, 4.69) is 20.3 Å². The fraction of sp³-hybridized carbons (Fsp3) is 0.312. The number of nitrogens with one attached hydrogen (secondary N) is 1. The molecule has 1 aromatic carbocycles. The van der Waals surface area contributed by atoms with E-state index >= 15 is 0 Å². The number of anilines is 1. The summed E-state index contributed by atoms with van der Waals surface area (Å²) in [6.45, 7) is 0.564. The van der Waals surface area contributed by atoms with Crippen molar-refractivity contribution in [3.8, 4) is 0 Å². The van der Waals surface area contributed by atoms with Crippen molar-refractivity contribution in [2.75, 3.05) is 5.32 Å². The molecule has 0 amide bonds. The zero-order valence-electron chi connectivity index (χ0n) is 13.1. The Kier molecular flexibility index (Phi) is 4.62. The number of nitrogens with zero attached hydrogens (tertiary/aromatic N) is 4. The van der Waals surface area contributed by atoms with Crippen LogP contribution in [0.4, 0.5) is 5.82 Å². The normalized spacial score (nSPS) is 23.2. The van der Waals surface area contributed by atoms with Gasteiger partial charge in [-0.1, -0.05) is 0 Å². The van der Waals surface area contributed by atoms with Crippen molar-refractivity contribution in [3.63, 3.8) is 0 Å². The Morgan fingerprint density at radius 1 is 1.28 bits per heavy atom. The van der Waals surface area contributed by atoms with E-state index < -0.39 is 12.2 Å². The first kappa shape index (κ1) is 16.8. The summed E-state index contributed by atoms with van der Waals surface area (Å²) in [6.07, 6.45) is 1.68. The molecule has 1 saturated heterocycles. The summed E-state index contributed by atoms with van der Waals surface area (Å²) in [5.74, 6) is 0.629. The molecule has 0 bridgehead atoms. The van der Waals surface area contributed by atoms with Gasteiger partial charge in [0.2, 0.25) is 0 Å². The van der Waals surface area contributed by atoms with E-state index in [-0.39, 0.29) is 19.9 Å². The molecular formula is C16H16ClN5O2Se. The van der Waals surface area contributed by atoms with Gasteiger partial charge in [0, 0.05) is 0 Å². The molecule has 3 aromatic rings. The van der Waals surface area contributed by atoms with E-state index in [1.165, 1.54) is 6.33 Å². The van der Waals surface area contributed by atoms with Crippen molar-refractivity contribution in [1.82, 2.24) is 19.5 Å². The van der Waals surface area contributed by atoms with Gasteiger partial charge in [0.05, 0.1) is 0 Å². The van der Waals surface area contributed by atoms with Crippen molar-refractivity contribution in [1.29, 1.82) is 0 Å². The molecule has 0 aliphatic carbocycles. The number of fused-ring (bicyclic) bond motifs is 1. The molecule has 0 unspecified atom stereocenters. The zero-order valence-corrected chi connectivity index (χ0v) is 15.5. The molecule has 3 heterocycles. The minimum absolute atomic E-state index is 0.0891. The van der Waals surface area contributed by atoms with Crippen molar-refractivity contribution in [3.05, 3.63) is 47.5 Å². The van der Waals surface area contributed by atoms with Gasteiger partial charge in [-0.2, -0.15) is 0 Å². The molecule has 0 spiro atoms. The summed E-state index contributed by atoms with van der Waals surface area (Å²) < 4.78 is 1.85. The first-order chi connectivity index (χ1) is 12.1. The Bertz CT molecular complexity index is 905. The maximum atomic E-state index is 10.2. The number of benzene rings is 1. The van der Waals surface area contributed by atoms with Crippen LogP contribution in [0.15, 0.2) is 36.9 Å². The van der Waals surface area contributed by atoms with Gasteiger partial charge in [-0.3, -0.25) is 0 Å². The second-order valence-electron chi connectivity index (χ2n) is 5.81. The van der Waals surface area contributed by atoms with Gasteiger partial charge < -0.3 is 0 Å². The van der Waals surface area contributed by atoms with Crippen molar-refractivity contribution in [2.45, 2.75) is 29.0 Å². The van der Waals surface area contributed by atoms with Crippen LogP contribution in [-0.4, -0.2) is 56.9 Å². The Balaban J connectivity index is 1.61. The monoisotopic (exact) mass is 425 g/mol. The third-order valence-electron chi connectivity index (χ3n) is 4.11. The summed E-state index contributed by atoms with van der Waals surface area (Å²) in [4.78, 5) is 12.9. The molecule has 7 nitrogen and oxygen atoms in total. The van der Waals surface area contributed by atoms with E-state index in [0.29, 0.717) is 33.9 Å². The van der Waals surface area contributed by atoms with Crippen LogP contribution in [0.2, 0.25) is 10.3 Å². The third-order valence-corrected chi connectivity index (χ3v) is 7.24. The van der Waals surface area contributed by atoms with Crippen LogP contribution in [-0.2, 0) is 6.54 Å². The molecule has 1 fully saturated rings. The van der Waals surface area contributed by atoms with E-state index in [1.54, 1.807) is 6.33 Å². The standard InChI is InChI=1S/C16H16ClN5O2Se/c17-10-3-1-2-9(4-10)5-18-14-12-15(20-7-19-14)22(8-21-12)16-13(24)11(23)6-25-16/h1-4,7-8,11,13,16,23-24H,5-6H2,(H,18,19,20)/t11-,13-,16-/m1/s1. The van der Waals surface area contributed by atoms with Gasteiger partial charge in [-0.15, -0.1) is 0 Å². The topological polar surface area (TPSA) is 96.1 Å². The molecular weight excluding hydrogens is 409 g/mol. The Hall–Kier alpha value is -1.70. The van der Waals surface area contributed by atoms with Crippen molar-refractivity contribution < 1.29 is 10.2 Å². The summed E-state index contributed by atoms with van der Waals surface area (Å²) in [7, 11) is 0. The third kappa shape index (κ3) is 3.23. The number of hydrogen-bond acceptors (Lipinski definition) is 6. The molecule has 9 heteroatoms. The van der Waals surface area contributed by atoms with Gasteiger partial charge in [0.25, 0.3) is 0 Å². The second kappa shape index (κ2) is 6.90. The molecule has 130 valence electrons. The second-order valence-corrected chi connectivity index (χ2v) is 8.66. The molecule has 25 heavy (non-hydrogen) atoms. The predicted molar refractivity (Wildman–Crippen MR) is 95.7 cm³/mol. The van der Waals surface area contributed by atoms with Crippen LogP contribution >= 0.6 is 11.6 Å². The van der Waals surface area contributed by atoms with Crippen LogP contribution < -0.4 is 5.32 Å². The molecule has 1 aliphatic rings. The van der Waals surface area contributed by atoms with Crippen molar-refractivity contribution >= 4 is 43.5 Å². The number of rotatable bonds is 4. The number of aliphatic hydroxyl groups is 2. The quantitative estimate of drug-likeness (QED) is 0.549. The summed E-state index contributed by atoms with van der Waals surface area (Å²) in [5, 5.41) is 24.6. The first-order valence-electron chi connectivity index (χ1n) is 7.77. The van der Waals surface area contributed by atoms with Crippen molar-refractivity contribution in [2.24, 2.45) is 0 Å². The van der Waals surface area contributed by atoms with Crippen LogP contribution in [0.3, 0.4) is 0 Å². The fourth-order valence-electron chi connectivity index (χ4n) is 2.83. The number of imidazole rings is 1. The number of halogens is 1. The average Bonchev–Trinajstić information content (AvgIpc) is 3.17. The predicted octanol–water partition coefficient (Wildman–Crippen LogP) is 1.45. The molecule has 1 aliphatic heterocycles. The fourth-order valence-corrected chi connectivity index (χ4v) is 5.74. The average molecular weight is 425 g/mol. The van der Waals surface area contributed by atoms with Gasteiger partial charge in [-0.05, 0) is 0 Å². The number of aliphatic hydroxyl groups excluding tert-OH is 2. The minimum atomic E-state index is -0.782. The molecule has 3 N–H and O–H groups in total. The van der Waals surface area contributed by atoms with Crippen LogP contribution in [0, 0.1) is 0 Å². The molecule has 3 atom stereocenters. The molecule has 4 rings (SSSR count). The van der Waals surface area contributed by atoms with E-state index in [0.717, 1.165) is 5.56 Å². The molecule has 2 aromatic heterocycles. The van der Waals surface area contributed by atoms with E-state index in [4.69, 9.17) is 11.6 Å². The molecule has 0 radical (unpaired) electrons. The molecule has 0 saturated carbocycles. The van der Waals surface area contributed by atoms with E-state index in [1.807, 2.05) is 28.8 Å². The Labute approximate surface area is 155 Å². The SMILES string of the molecule is O[C@@H]1[C@H](O)C[Se][C@H]1n1cnc2c(NCc3cccc(Cl)c3)ncnc21.